The van der Waals surface area contributed by atoms with Gasteiger partial charge in [0.15, 0.2) is 0 Å². The van der Waals surface area contributed by atoms with E-state index in [-0.39, 0.29) is 0 Å². The van der Waals surface area contributed by atoms with Gasteiger partial charge in [-0.15, -0.1) is 0 Å². The fraction of sp³-hybridized carbons (Fsp3) is 1.00. The summed E-state index contributed by atoms with van der Waals surface area (Å²) in [6, 6.07) is 0. The Balaban J connectivity index is 2.45. The third-order valence-electron chi connectivity index (χ3n) is 0.426. The molecule has 0 heterocycles. The molecule has 0 saturated carbocycles. The van der Waals surface area contributed by atoms with Crippen LogP contribution in [0.25, 0.3) is 0 Å². The quantitative estimate of drug-likeness (QED) is 0.383. The number of rotatable bonds is 4. The first-order chi connectivity index (χ1) is 3.41. The van der Waals surface area contributed by atoms with Gasteiger partial charge in [-0.2, -0.15) is 0 Å². The number of hydroxylamine groups is 1. The van der Waals surface area contributed by atoms with Gasteiger partial charge in [0.2, 0.25) is 0 Å². The van der Waals surface area contributed by atoms with E-state index in [1.165, 1.54) is 0 Å². The maximum Gasteiger partial charge on any atom is 0.0779 e. The molecule has 0 aliphatic heterocycles. The summed E-state index contributed by atoms with van der Waals surface area (Å²) in [5.74, 6) is 0. The zero-order valence-electron chi connectivity index (χ0n) is 4.41. The zero-order chi connectivity index (χ0) is 5.54. The molecule has 0 atom stereocenters. The first-order valence-corrected chi connectivity index (χ1v) is 3.44. The van der Waals surface area contributed by atoms with Crippen molar-refractivity contribution in [2.75, 3.05) is 18.5 Å². The normalized spacial score (nSPS) is 9.43. The minimum Gasteiger partial charge on any atom is -0.301 e. The van der Waals surface area contributed by atoms with E-state index in [9.17, 15) is 0 Å². The molecule has 7 heavy (non-hydrogen) atoms. The lowest BCUT2D eigenvalue weighted by atomic mass is 10.8. The van der Waals surface area contributed by atoms with Gasteiger partial charge in [0.1, 0.15) is 0 Å². The maximum atomic E-state index is 4.84. The Morgan fingerprint density at radius 3 is 2.86 bits per heavy atom. The largest absolute Gasteiger partial charge is 0.301 e. The van der Waals surface area contributed by atoms with E-state index in [2.05, 4.69) is 21.4 Å². The zero-order valence-corrected chi connectivity index (χ0v) is 5.99. The third kappa shape index (κ3) is 6.40. The van der Waals surface area contributed by atoms with E-state index in [1.807, 2.05) is 6.92 Å². The van der Waals surface area contributed by atoms with Crippen molar-refractivity contribution in [3.8, 4) is 0 Å². The van der Waals surface area contributed by atoms with E-state index in [1.54, 1.807) is 0 Å². The average Bonchev–Trinajstić information content (AvgIpc) is 1.69. The number of nitrogens with one attached hydrogen (secondary N) is 1. The van der Waals surface area contributed by atoms with Crippen molar-refractivity contribution in [2.45, 2.75) is 6.92 Å². The van der Waals surface area contributed by atoms with E-state index in [0.717, 1.165) is 18.5 Å². The second kappa shape index (κ2) is 6.40. The summed E-state index contributed by atoms with van der Waals surface area (Å²) in [5, 5.41) is 0.889. The smallest absolute Gasteiger partial charge is 0.0779 e. The molecule has 3 heteroatoms. The van der Waals surface area contributed by atoms with Gasteiger partial charge in [0, 0.05) is 11.9 Å². The van der Waals surface area contributed by atoms with Gasteiger partial charge in [-0.1, -0.05) is 22.9 Å². The predicted molar refractivity (Wildman–Crippen MR) is 33.4 cm³/mol. The van der Waals surface area contributed by atoms with Crippen LogP contribution in [0.5, 0.6) is 0 Å². The van der Waals surface area contributed by atoms with Gasteiger partial charge in [0.05, 0.1) is 6.61 Å². The summed E-state index contributed by atoms with van der Waals surface area (Å²) >= 11 is 3.21. The standard InChI is InChI=1S/C4H10BrNO/c1-2-6-7-4-3-5/h6H,2-4H2,1H3. The molecule has 0 amide bonds. The van der Waals surface area contributed by atoms with Crippen LogP contribution in [0.2, 0.25) is 0 Å². The lowest BCUT2D eigenvalue weighted by molar-refractivity contribution is 0.0571. The van der Waals surface area contributed by atoms with E-state index < -0.39 is 0 Å². The van der Waals surface area contributed by atoms with E-state index in [0.29, 0.717) is 0 Å². The van der Waals surface area contributed by atoms with Crippen molar-refractivity contribution in [1.29, 1.82) is 0 Å². The molecule has 0 aromatic rings. The Morgan fingerprint density at radius 2 is 2.43 bits per heavy atom. The number of hydrogen-bond donors (Lipinski definition) is 1. The summed E-state index contributed by atoms with van der Waals surface area (Å²) in [6.07, 6.45) is 0. The number of hydrogen-bond acceptors (Lipinski definition) is 2. The minimum absolute atomic E-state index is 0.730. The molecule has 0 aromatic heterocycles. The third-order valence-corrected chi connectivity index (χ3v) is 0.749. The summed E-state index contributed by atoms with van der Waals surface area (Å²) in [6.45, 7) is 3.59. The molecule has 0 bridgehead atoms. The monoisotopic (exact) mass is 167 g/mol. The molecule has 0 fully saturated rings. The molecule has 0 aromatic carbocycles. The average molecular weight is 168 g/mol. The fourth-order valence-corrected chi connectivity index (χ4v) is 0.375. The highest BCUT2D eigenvalue weighted by molar-refractivity contribution is 9.09. The Bertz CT molecular complexity index is 30.9. The minimum atomic E-state index is 0.730. The van der Waals surface area contributed by atoms with Crippen LogP contribution in [0.3, 0.4) is 0 Å². The highest BCUT2D eigenvalue weighted by Crippen LogP contribution is 1.76. The van der Waals surface area contributed by atoms with Gasteiger partial charge in [0.25, 0.3) is 0 Å². The van der Waals surface area contributed by atoms with Gasteiger partial charge in [-0.25, -0.2) is 5.48 Å². The molecule has 44 valence electrons. The second-order valence-corrected chi connectivity index (χ2v) is 1.83. The van der Waals surface area contributed by atoms with Crippen molar-refractivity contribution in [3.05, 3.63) is 0 Å². The van der Waals surface area contributed by atoms with Gasteiger partial charge in [-0.05, 0) is 0 Å². The van der Waals surface area contributed by atoms with Crippen LogP contribution in [0.4, 0.5) is 0 Å². The topological polar surface area (TPSA) is 21.3 Å². The lowest BCUT2D eigenvalue weighted by Crippen LogP contribution is -2.14. The molecular weight excluding hydrogens is 158 g/mol. The van der Waals surface area contributed by atoms with Crippen LogP contribution in [-0.4, -0.2) is 18.5 Å². The van der Waals surface area contributed by atoms with Crippen molar-refractivity contribution in [3.63, 3.8) is 0 Å². The first kappa shape index (κ1) is 7.40. The van der Waals surface area contributed by atoms with Crippen LogP contribution >= 0.6 is 15.9 Å². The molecule has 0 aliphatic carbocycles. The highest BCUT2D eigenvalue weighted by atomic mass is 79.9. The molecule has 0 spiro atoms. The van der Waals surface area contributed by atoms with Crippen molar-refractivity contribution < 1.29 is 4.84 Å². The van der Waals surface area contributed by atoms with Gasteiger partial charge < -0.3 is 4.84 Å². The molecule has 0 radical (unpaired) electrons. The van der Waals surface area contributed by atoms with Gasteiger partial charge in [-0.3, -0.25) is 0 Å². The summed E-state index contributed by atoms with van der Waals surface area (Å²) in [5.41, 5.74) is 2.72. The summed E-state index contributed by atoms with van der Waals surface area (Å²) in [7, 11) is 0. The Labute approximate surface area is 52.3 Å². The Hall–Kier alpha value is 0.400. The number of alkyl halides is 1. The Morgan fingerprint density at radius 1 is 1.71 bits per heavy atom. The number of halogens is 1. The molecular formula is C4H10BrNO. The van der Waals surface area contributed by atoms with Crippen molar-refractivity contribution in [1.82, 2.24) is 5.48 Å². The van der Waals surface area contributed by atoms with E-state index >= 15 is 0 Å². The molecule has 1 N–H and O–H groups in total. The molecule has 0 rings (SSSR count). The summed E-state index contributed by atoms with van der Waals surface area (Å²) in [4.78, 5) is 4.84. The van der Waals surface area contributed by atoms with Crippen LogP contribution in [-0.2, 0) is 4.84 Å². The van der Waals surface area contributed by atoms with Crippen LogP contribution < -0.4 is 5.48 Å². The predicted octanol–water partition coefficient (Wildman–Crippen LogP) is 0.922. The van der Waals surface area contributed by atoms with Crippen molar-refractivity contribution >= 4 is 15.9 Å². The maximum absolute atomic E-state index is 4.84. The fourth-order valence-electron chi connectivity index (χ4n) is 0.213. The molecule has 0 saturated heterocycles. The lowest BCUT2D eigenvalue weighted by Gasteiger charge is -1.96. The Kier molecular flexibility index (Phi) is 6.77. The summed E-state index contributed by atoms with van der Waals surface area (Å²) < 4.78 is 0. The first-order valence-electron chi connectivity index (χ1n) is 2.32. The molecule has 0 unspecified atom stereocenters. The van der Waals surface area contributed by atoms with Crippen LogP contribution in [0.1, 0.15) is 6.92 Å². The van der Waals surface area contributed by atoms with Crippen molar-refractivity contribution in [2.24, 2.45) is 0 Å². The van der Waals surface area contributed by atoms with Crippen LogP contribution in [0.15, 0.2) is 0 Å². The van der Waals surface area contributed by atoms with Gasteiger partial charge >= 0.3 is 0 Å². The van der Waals surface area contributed by atoms with E-state index in [4.69, 9.17) is 4.84 Å². The highest BCUT2D eigenvalue weighted by Gasteiger charge is 1.77. The second-order valence-electron chi connectivity index (χ2n) is 1.04. The molecule has 2 nitrogen and oxygen atoms in total. The van der Waals surface area contributed by atoms with Crippen LogP contribution in [0, 0.1) is 0 Å². The SMILES string of the molecule is CCNOCCBr. The molecule has 0 aliphatic rings.